The Kier molecular flexibility index (Phi) is 4.76. The molecule has 1 aliphatic rings. The molecule has 3 rings (SSSR count). The van der Waals surface area contributed by atoms with Gasteiger partial charge in [0.05, 0.1) is 12.8 Å². The molecule has 23 heavy (non-hydrogen) atoms. The molecule has 1 fully saturated rings. The maximum Gasteiger partial charge on any atom is 0.317 e. The number of benzene rings is 1. The molecule has 0 aliphatic carbocycles. The summed E-state index contributed by atoms with van der Waals surface area (Å²) >= 11 is 6.19. The number of piperazine rings is 1. The molecule has 2 amide bonds. The lowest BCUT2D eigenvalue weighted by atomic mass is 10.2. The Morgan fingerprint density at radius 3 is 2.70 bits per heavy atom. The lowest BCUT2D eigenvalue weighted by Crippen LogP contribution is -2.51. The van der Waals surface area contributed by atoms with E-state index in [-0.39, 0.29) is 6.03 Å². The number of amides is 2. The first-order chi connectivity index (χ1) is 11.1. The molecule has 0 radical (unpaired) electrons. The Labute approximate surface area is 140 Å². The normalized spacial score (nSPS) is 14.9. The molecule has 0 atom stereocenters. The number of carbonyl (C=O) groups excluding carboxylic acids is 1. The van der Waals surface area contributed by atoms with Gasteiger partial charge < -0.3 is 19.5 Å². The van der Waals surface area contributed by atoms with Crippen LogP contribution in [0.15, 0.2) is 41.0 Å². The van der Waals surface area contributed by atoms with Crippen LogP contribution in [0.2, 0.25) is 5.02 Å². The van der Waals surface area contributed by atoms with Crippen LogP contribution in [0.4, 0.5) is 10.5 Å². The minimum atomic E-state index is -0.0528. The van der Waals surface area contributed by atoms with Crippen molar-refractivity contribution >= 4 is 23.3 Å². The van der Waals surface area contributed by atoms with E-state index < -0.39 is 0 Å². The molecule has 122 valence electrons. The number of rotatable bonds is 3. The molecule has 0 bridgehead atoms. The zero-order valence-electron chi connectivity index (χ0n) is 13.1. The van der Waals surface area contributed by atoms with Crippen molar-refractivity contribution in [1.29, 1.82) is 0 Å². The minimum absolute atomic E-state index is 0.0528. The van der Waals surface area contributed by atoms with Crippen LogP contribution >= 0.6 is 11.6 Å². The van der Waals surface area contributed by atoms with Crippen LogP contribution in [-0.4, -0.2) is 37.1 Å². The summed E-state index contributed by atoms with van der Waals surface area (Å²) in [6, 6.07) is 9.70. The Morgan fingerprint density at radius 2 is 2.04 bits per heavy atom. The van der Waals surface area contributed by atoms with E-state index in [9.17, 15) is 4.79 Å². The highest BCUT2D eigenvalue weighted by Crippen LogP contribution is 2.24. The second-order valence-corrected chi connectivity index (χ2v) is 6.05. The average Bonchev–Trinajstić information content (AvgIpc) is 3.09. The second kappa shape index (κ2) is 6.96. The number of hydrogen-bond acceptors (Lipinski definition) is 3. The first kappa shape index (κ1) is 15.7. The SMILES string of the molecule is Cc1ccc(N2CCN(C(=O)NCc3ccco3)CC2)cc1Cl. The van der Waals surface area contributed by atoms with E-state index in [1.54, 1.807) is 6.26 Å². The predicted octanol–water partition coefficient (Wildman–Crippen LogP) is 3.27. The van der Waals surface area contributed by atoms with Crippen LogP contribution in [0.3, 0.4) is 0 Å². The van der Waals surface area contributed by atoms with Crippen molar-refractivity contribution in [2.45, 2.75) is 13.5 Å². The van der Waals surface area contributed by atoms with Gasteiger partial charge >= 0.3 is 6.03 Å². The van der Waals surface area contributed by atoms with Gasteiger partial charge in [0, 0.05) is 36.9 Å². The van der Waals surface area contributed by atoms with Gasteiger partial charge in [-0.3, -0.25) is 0 Å². The quantitative estimate of drug-likeness (QED) is 0.937. The highest BCUT2D eigenvalue weighted by molar-refractivity contribution is 6.31. The Morgan fingerprint density at radius 1 is 1.26 bits per heavy atom. The Bertz CT molecular complexity index is 664. The molecule has 5 nitrogen and oxygen atoms in total. The number of halogens is 1. The monoisotopic (exact) mass is 333 g/mol. The number of carbonyl (C=O) groups is 1. The number of furan rings is 1. The van der Waals surface area contributed by atoms with Crippen molar-refractivity contribution in [2.75, 3.05) is 31.1 Å². The van der Waals surface area contributed by atoms with Crippen molar-refractivity contribution in [3.05, 3.63) is 52.9 Å². The molecule has 1 N–H and O–H groups in total. The van der Waals surface area contributed by atoms with Crippen LogP contribution in [-0.2, 0) is 6.54 Å². The van der Waals surface area contributed by atoms with Gasteiger partial charge in [0.25, 0.3) is 0 Å². The Balaban J connectivity index is 1.51. The van der Waals surface area contributed by atoms with Crippen LogP contribution in [0.25, 0.3) is 0 Å². The van der Waals surface area contributed by atoms with E-state index in [0.717, 1.165) is 35.1 Å². The molecule has 0 spiro atoms. The van der Waals surface area contributed by atoms with Gasteiger partial charge in [0.2, 0.25) is 0 Å². The van der Waals surface area contributed by atoms with Crippen molar-refractivity contribution in [3.8, 4) is 0 Å². The molecule has 1 aromatic carbocycles. The number of anilines is 1. The highest BCUT2D eigenvalue weighted by Gasteiger charge is 2.21. The third kappa shape index (κ3) is 3.79. The molecule has 0 unspecified atom stereocenters. The maximum atomic E-state index is 12.2. The van der Waals surface area contributed by atoms with E-state index in [4.69, 9.17) is 16.0 Å². The summed E-state index contributed by atoms with van der Waals surface area (Å²) in [6.07, 6.45) is 1.60. The first-order valence-electron chi connectivity index (χ1n) is 7.70. The molecule has 6 heteroatoms. The van der Waals surface area contributed by atoms with Gasteiger partial charge in [0.1, 0.15) is 5.76 Å². The first-order valence-corrected chi connectivity index (χ1v) is 8.07. The van der Waals surface area contributed by atoms with Gasteiger partial charge in [-0.1, -0.05) is 17.7 Å². The fraction of sp³-hybridized carbons (Fsp3) is 0.353. The van der Waals surface area contributed by atoms with Crippen molar-refractivity contribution in [3.63, 3.8) is 0 Å². The second-order valence-electron chi connectivity index (χ2n) is 5.65. The van der Waals surface area contributed by atoms with E-state index >= 15 is 0 Å². The third-order valence-electron chi connectivity index (χ3n) is 4.08. The number of aryl methyl sites for hydroxylation is 1. The molecule has 2 heterocycles. The lowest BCUT2D eigenvalue weighted by molar-refractivity contribution is 0.193. The molecule has 0 saturated carbocycles. The topological polar surface area (TPSA) is 48.7 Å². The van der Waals surface area contributed by atoms with Crippen LogP contribution in [0.1, 0.15) is 11.3 Å². The third-order valence-corrected chi connectivity index (χ3v) is 4.49. The molecular weight excluding hydrogens is 314 g/mol. The number of nitrogens with zero attached hydrogens (tertiary/aromatic N) is 2. The van der Waals surface area contributed by atoms with Gasteiger partial charge in [-0.2, -0.15) is 0 Å². The standard InChI is InChI=1S/C17H20ClN3O2/c1-13-4-5-14(11-16(13)18)20-6-8-21(9-7-20)17(22)19-12-15-3-2-10-23-15/h2-5,10-11H,6-9,12H2,1H3,(H,19,22). The summed E-state index contributed by atoms with van der Waals surface area (Å²) in [5.74, 6) is 0.756. The van der Waals surface area contributed by atoms with Crippen LogP contribution < -0.4 is 10.2 Å². The molecule has 2 aromatic rings. The smallest absolute Gasteiger partial charge is 0.317 e. The molecule has 1 saturated heterocycles. The molecule has 1 aliphatic heterocycles. The summed E-state index contributed by atoms with van der Waals surface area (Å²) in [4.78, 5) is 16.2. The molecule has 1 aromatic heterocycles. The van der Waals surface area contributed by atoms with E-state index in [0.29, 0.717) is 19.6 Å². The van der Waals surface area contributed by atoms with Gasteiger partial charge in [0.15, 0.2) is 0 Å². The summed E-state index contributed by atoms with van der Waals surface area (Å²) in [5.41, 5.74) is 2.18. The summed E-state index contributed by atoms with van der Waals surface area (Å²) in [5, 5.41) is 3.66. The average molecular weight is 334 g/mol. The maximum absolute atomic E-state index is 12.2. The van der Waals surface area contributed by atoms with Crippen molar-refractivity contribution in [1.82, 2.24) is 10.2 Å². The van der Waals surface area contributed by atoms with Crippen LogP contribution in [0.5, 0.6) is 0 Å². The largest absolute Gasteiger partial charge is 0.467 e. The van der Waals surface area contributed by atoms with Crippen LogP contribution in [0, 0.1) is 6.92 Å². The zero-order chi connectivity index (χ0) is 16.2. The minimum Gasteiger partial charge on any atom is -0.467 e. The van der Waals surface area contributed by atoms with Gasteiger partial charge in [-0.25, -0.2) is 4.79 Å². The fourth-order valence-electron chi connectivity index (χ4n) is 2.63. The highest BCUT2D eigenvalue weighted by atomic mass is 35.5. The number of urea groups is 1. The van der Waals surface area contributed by atoms with E-state index in [1.165, 1.54) is 0 Å². The lowest BCUT2D eigenvalue weighted by Gasteiger charge is -2.36. The van der Waals surface area contributed by atoms with Crippen molar-refractivity contribution in [2.24, 2.45) is 0 Å². The Hall–Kier alpha value is -2.14. The predicted molar refractivity (Wildman–Crippen MR) is 90.9 cm³/mol. The fourth-order valence-corrected chi connectivity index (χ4v) is 2.81. The van der Waals surface area contributed by atoms with Crippen molar-refractivity contribution < 1.29 is 9.21 Å². The number of hydrogen-bond donors (Lipinski definition) is 1. The summed E-state index contributed by atoms with van der Waals surface area (Å²) < 4.78 is 5.21. The molecular formula is C17H20ClN3O2. The van der Waals surface area contributed by atoms with Gasteiger partial charge in [-0.15, -0.1) is 0 Å². The summed E-state index contributed by atoms with van der Waals surface area (Å²) in [7, 11) is 0. The van der Waals surface area contributed by atoms with E-state index in [1.807, 2.05) is 36.1 Å². The van der Waals surface area contributed by atoms with Gasteiger partial charge in [-0.05, 0) is 36.8 Å². The van der Waals surface area contributed by atoms with E-state index in [2.05, 4.69) is 16.3 Å². The zero-order valence-corrected chi connectivity index (χ0v) is 13.8. The summed E-state index contributed by atoms with van der Waals surface area (Å²) in [6.45, 7) is 5.39. The number of nitrogens with one attached hydrogen (secondary N) is 1.